The molecule has 0 unspecified atom stereocenters. The van der Waals surface area contributed by atoms with Crippen LogP contribution in [0.4, 0.5) is 0 Å². The molecule has 1 aromatic rings. The van der Waals surface area contributed by atoms with E-state index in [-0.39, 0.29) is 29.9 Å². The van der Waals surface area contributed by atoms with Crippen LogP contribution in [0.15, 0.2) is 36.4 Å². The predicted molar refractivity (Wildman–Crippen MR) is 108 cm³/mol. The van der Waals surface area contributed by atoms with E-state index in [1.54, 1.807) is 18.0 Å². The molecule has 0 fully saturated rings. The van der Waals surface area contributed by atoms with Crippen molar-refractivity contribution in [2.24, 2.45) is 5.92 Å². The van der Waals surface area contributed by atoms with Gasteiger partial charge in [-0.3, -0.25) is 9.59 Å². The van der Waals surface area contributed by atoms with Crippen LogP contribution < -0.4 is 10.1 Å². The number of fused-ring (bicyclic) bond motifs is 1. The van der Waals surface area contributed by atoms with Gasteiger partial charge in [0.05, 0.1) is 11.7 Å². The summed E-state index contributed by atoms with van der Waals surface area (Å²) in [5.74, 6) is 0.241. The van der Waals surface area contributed by atoms with Crippen LogP contribution in [0.3, 0.4) is 0 Å². The van der Waals surface area contributed by atoms with Crippen molar-refractivity contribution in [2.45, 2.75) is 65.1 Å². The maximum atomic E-state index is 13.2. The predicted octanol–water partition coefficient (Wildman–Crippen LogP) is 3.80. The molecular formula is C22H32N2O3. The number of amides is 2. The van der Waals surface area contributed by atoms with Crippen LogP contribution in [0, 0.1) is 5.92 Å². The molecule has 1 aliphatic rings. The highest BCUT2D eigenvalue weighted by Gasteiger charge is 2.32. The second-order valence-corrected chi connectivity index (χ2v) is 7.59. The monoisotopic (exact) mass is 372 g/mol. The topological polar surface area (TPSA) is 58.6 Å². The number of ether oxygens (including phenoxy) is 1. The molecule has 3 atom stereocenters. The minimum absolute atomic E-state index is 0.00749. The molecule has 0 radical (unpaired) electrons. The minimum Gasteiger partial charge on any atom is -0.490 e. The Balaban J connectivity index is 2.43. The Bertz CT molecular complexity index is 684. The molecule has 1 aliphatic heterocycles. The average molecular weight is 373 g/mol. The second kappa shape index (κ2) is 9.58. The number of carbonyl (C=O) groups is 2. The Kier molecular flexibility index (Phi) is 7.45. The smallest absolute Gasteiger partial charge is 0.258 e. The normalized spacial score (nSPS) is 26.0. The summed E-state index contributed by atoms with van der Waals surface area (Å²) >= 11 is 0. The van der Waals surface area contributed by atoms with Gasteiger partial charge >= 0.3 is 0 Å². The third kappa shape index (κ3) is 5.34. The molecule has 5 nitrogen and oxygen atoms in total. The van der Waals surface area contributed by atoms with Crippen LogP contribution in [0.25, 0.3) is 0 Å². The summed E-state index contributed by atoms with van der Waals surface area (Å²) in [6, 6.07) is 6.77. The quantitative estimate of drug-likeness (QED) is 0.804. The van der Waals surface area contributed by atoms with Gasteiger partial charge in [0, 0.05) is 19.5 Å². The van der Waals surface area contributed by atoms with Gasteiger partial charge in [-0.2, -0.15) is 0 Å². The SMILES string of the molecule is CC[C@@H]1C/C=C\C[C@@H](C)Oc2ccccc2C(=O)N(C)[C@@H](C(C)C)C(=O)N1. The lowest BCUT2D eigenvalue weighted by molar-refractivity contribution is -0.127. The molecule has 1 N–H and O–H groups in total. The summed E-state index contributed by atoms with van der Waals surface area (Å²) in [5, 5.41) is 3.12. The van der Waals surface area contributed by atoms with Crippen LogP contribution in [0.2, 0.25) is 0 Å². The van der Waals surface area contributed by atoms with Crippen molar-refractivity contribution in [1.82, 2.24) is 10.2 Å². The van der Waals surface area contributed by atoms with Gasteiger partial charge in [-0.15, -0.1) is 0 Å². The number of rotatable bonds is 2. The number of benzene rings is 1. The van der Waals surface area contributed by atoms with E-state index >= 15 is 0 Å². The zero-order valence-corrected chi connectivity index (χ0v) is 17.1. The summed E-state index contributed by atoms with van der Waals surface area (Å²) in [6.45, 7) is 7.98. The lowest BCUT2D eigenvalue weighted by atomic mass is 9.99. The number of likely N-dealkylation sites (N-methyl/N-ethyl adjacent to an activating group) is 1. The fraction of sp³-hybridized carbons (Fsp3) is 0.545. The minimum atomic E-state index is -0.538. The molecule has 148 valence electrons. The van der Waals surface area contributed by atoms with Gasteiger partial charge in [0.15, 0.2) is 0 Å². The van der Waals surface area contributed by atoms with E-state index in [9.17, 15) is 9.59 Å². The number of hydrogen-bond acceptors (Lipinski definition) is 3. The third-order valence-corrected chi connectivity index (χ3v) is 4.98. The van der Waals surface area contributed by atoms with E-state index in [1.165, 1.54) is 0 Å². The van der Waals surface area contributed by atoms with Crippen molar-refractivity contribution in [2.75, 3.05) is 7.05 Å². The summed E-state index contributed by atoms with van der Waals surface area (Å²) < 4.78 is 6.04. The maximum absolute atomic E-state index is 13.2. The molecule has 5 heteroatoms. The van der Waals surface area contributed by atoms with Gasteiger partial charge in [0.1, 0.15) is 11.8 Å². The highest BCUT2D eigenvalue weighted by atomic mass is 16.5. The van der Waals surface area contributed by atoms with Crippen LogP contribution in [0.1, 0.15) is 57.3 Å². The largest absolute Gasteiger partial charge is 0.490 e. The van der Waals surface area contributed by atoms with Crippen molar-refractivity contribution in [1.29, 1.82) is 0 Å². The highest BCUT2D eigenvalue weighted by Crippen LogP contribution is 2.24. The van der Waals surface area contributed by atoms with Crippen molar-refractivity contribution in [3.63, 3.8) is 0 Å². The average Bonchev–Trinajstić information content (AvgIpc) is 2.63. The molecule has 0 saturated heterocycles. The van der Waals surface area contributed by atoms with E-state index in [4.69, 9.17) is 4.74 Å². The Labute approximate surface area is 162 Å². The fourth-order valence-electron chi connectivity index (χ4n) is 3.42. The zero-order chi connectivity index (χ0) is 20.0. The van der Waals surface area contributed by atoms with Crippen molar-refractivity contribution < 1.29 is 14.3 Å². The molecule has 0 aliphatic carbocycles. The lowest BCUT2D eigenvalue weighted by Crippen LogP contribution is -2.52. The molecule has 27 heavy (non-hydrogen) atoms. The Morgan fingerprint density at radius 2 is 1.85 bits per heavy atom. The van der Waals surface area contributed by atoms with Crippen molar-refractivity contribution in [3.8, 4) is 5.75 Å². The van der Waals surface area contributed by atoms with Gasteiger partial charge in [0.2, 0.25) is 5.91 Å². The van der Waals surface area contributed by atoms with Crippen LogP contribution >= 0.6 is 0 Å². The molecule has 1 heterocycles. The molecule has 0 saturated carbocycles. The zero-order valence-electron chi connectivity index (χ0n) is 17.1. The number of para-hydroxylation sites is 1. The molecule has 0 bridgehead atoms. The number of carbonyl (C=O) groups excluding carboxylic acids is 2. The van der Waals surface area contributed by atoms with E-state index in [1.807, 2.05) is 39.0 Å². The van der Waals surface area contributed by atoms with Crippen LogP contribution in [-0.2, 0) is 4.79 Å². The molecule has 1 aromatic carbocycles. The Morgan fingerprint density at radius 1 is 1.19 bits per heavy atom. The first-order valence-corrected chi connectivity index (χ1v) is 9.83. The van der Waals surface area contributed by atoms with E-state index in [0.717, 1.165) is 19.3 Å². The lowest BCUT2D eigenvalue weighted by Gasteiger charge is -2.32. The van der Waals surface area contributed by atoms with Crippen LogP contribution in [0.5, 0.6) is 5.75 Å². The van der Waals surface area contributed by atoms with Gasteiger partial charge in [-0.25, -0.2) is 0 Å². The first-order chi connectivity index (χ1) is 12.8. The fourth-order valence-corrected chi connectivity index (χ4v) is 3.42. The van der Waals surface area contributed by atoms with Crippen LogP contribution in [-0.4, -0.2) is 41.9 Å². The standard InChI is InChI=1S/C22H32N2O3/c1-6-17-12-8-7-11-16(4)27-19-14-10-9-13-18(19)22(26)24(5)20(15(2)3)21(25)23-17/h7-10,13-17,20H,6,11-12H2,1-5H3,(H,23,25)/b8-7-/t16-,17-,20+/m1/s1. The number of nitrogens with zero attached hydrogens (tertiary/aromatic N) is 1. The van der Waals surface area contributed by atoms with Gasteiger partial charge in [0.25, 0.3) is 5.91 Å². The van der Waals surface area contributed by atoms with Gasteiger partial charge in [-0.05, 0) is 37.8 Å². The second-order valence-electron chi connectivity index (χ2n) is 7.59. The van der Waals surface area contributed by atoms with E-state index < -0.39 is 6.04 Å². The highest BCUT2D eigenvalue weighted by molar-refractivity contribution is 5.99. The summed E-state index contributed by atoms with van der Waals surface area (Å²) in [7, 11) is 1.69. The molecular weight excluding hydrogens is 340 g/mol. The van der Waals surface area contributed by atoms with E-state index in [2.05, 4.69) is 24.4 Å². The first-order valence-electron chi connectivity index (χ1n) is 9.83. The maximum Gasteiger partial charge on any atom is 0.258 e. The summed E-state index contributed by atoms with van der Waals surface area (Å²) in [6.07, 6.45) is 6.50. The number of hydrogen-bond donors (Lipinski definition) is 1. The molecule has 0 spiro atoms. The Morgan fingerprint density at radius 3 is 2.52 bits per heavy atom. The van der Waals surface area contributed by atoms with Gasteiger partial charge < -0.3 is 15.0 Å². The third-order valence-electron chi connectivity index (χ3n) is 4.98. The van der Waals surface area contributed by atoms with Gasteiger partial charge in [-0.1, -0.05) is 45.1 Å². The van der Waals surface area contributed by atoms with E-state index in [0.29, 0.717) is 11.3 Å². The summed E-state index contributed by atoms with van der Waals surface area (Å²) in [4.78, 5) is 27.7. The Hall–Kier alpha value is -2.30. The van der Waals surface area contributed by atoms with Crippen molar-refractivity contribution in [3.05, 3.63) is 42.0 Å². The number of nitrogens with one attached hydrogen (secondary N) is 1. The van der Waals surface area contributed by atoms with Crippen molar-refractivity contribution >= 4 is 11.8 Å². The molecule has 0 aromatic heterocycles. The summed E-state index contributed by atoms with van der Waals surface area (Å²) in [5.41, 5.74) is 0.485. The first kappa shape index (κ1) is 21.0. The molecule has 2 rings (SSSR count). The molecule has 2 amide bonds.